The van der Waals surface area contributed by atoms with Gasteiger partial charge in [0.05, 0.1) is 36.5 Å². The first-order chi connectivity index (χ1) is 16.8. The topological polar surface area (TPSA) is 85.3 Å². The van der Waals surface area contributed by atoms with E-state index in [1.807, 2.05) is 58.9 Å². The van der Waals surface area contributed by atoms with E-state index in [0.717, 1.165) is 11.1 Å². The number of amides is 1. The van der Waals surface area contributed by atoms with E-state index in [-0.39, 0.29) is 17.4 Å². The van der Waals surface area contributed by atoms with Crippen LogP contribution in [0.25, 0.3) is 5.76 Å². The standard InChI is InChI=1S/C28H35NO6/c1-6-33-20-13-14-22(23(17-20)34-7-2)26(30)24-25(21-12-9-8-11-19(21)5)29(28(32)27(24)31)15-10-16-35-18(3)4/h8-9,11-14,17-18,25,30H,6-7,10,15-16H2,1-5H3/b26-24+. The van der Waals surface area contributed by atoms with Crippen molar-refractivity contribution >= 4 is 17.4 Å². The van der Waals surface area contributed by atoms with Gasteiger partial charge in [0.2, 0.25) is 0 Å². The lowest BCUT2D eigenvalue weighted by atomic mass is 9.92. The summed E-state index contributed by atoms with van der Waals surface area (Å²) in [6, 6.07) is 11.9. The SMILES string of the molecule is CCOc1ccc(/C(O)=C2\C(=O)C(=O)N(CCCOC(C)C)C2c2ccccc2C)c(OCC)c1. The molecule has 1 saturated heterocycles. The second kappa shape index (κ2) is 11.9. The molecular weight excluding hydrogens is 446 g/mol. The molecule has 0 aliphatic carbocycles. The van der Waals surface area contributed by atoms with Crippen molar-refractivity contribution in [2.75, 3.05) is 26.4 Å². The quantitative estimate of drug-likeness (QED) is 0.210. The third-order valence-corrected chi connectivity index (χ3v) is 5.84. The van der Waals surface area contributed by atoms with Gasteiger partial charge >= 0.3 is 0 Å². The number of aryl methyl sites for hydroxylation is 1. The molecule has 1 fully saturated rings. The first kappa shape index (κ1) is 26.3. The Bertz CT molecular complexity index is 1090. The zero-order valence-corrected chi connectivity index (χ0v) is 21.2. The van der Waals surface area contributed by atoms with Crippen molar-refractivity contribution in [3.05, 3.63) is 64.7 Å². The predicted octanol–water partition coefficient (Wildman–Crippen LogP) is 5.03. The van der Waals surface area contributed by atoms with Gasteiger partial charge in [0.25, 0.3) is 11.7 Å². The maximum atomic E-state index is 13.3. The van der Waals surface area contributed by atoms with Crippen LogP contribution in [-0.4, -0.2) is 54.2 Å². The number of hydrogen-bond donors (Lipinski definition) is 1. The molecule has 3 rings (SSSR count). The fourth-order valence-electron chi connectivity index (χ4n) is 4.26. The predicted molar refractivity (Wildman–Crippen MR) is 135 cm³/mol. The third kappa shape index (κ3) is 5.85. The van der Waals surface area contributed by atoms with Gasteiger partial charge in [0.1, 0.15) is 17.3 Å². The molecule has 0 saturated carbocycles. The Balaban J connectivity index is 2.11. The van der Waals surface area contributed by atoms with E-state index >= 15 is 0 Å². The molecule has 1 amide bonds. The molecule has 1 N–H and O–H groups in total. The maximum absolute atomic E-state index is 13.3. The summed E-state index contributed by atoms with van der Waals surface area (Å²) in [5.41, 5.74) is 2.11. The number of carbonyl (C=O) groups excluding carboxylic acids is 2. The first-order valence-electron chi connectivity index (χ1n) is 12.2. The molecule has 7 heteroatoms. The highest BCUT2D eigenvalue weighted by Crippen LogP contribution is 2.42. The van der Waals surface area contributed by atoms with Crippen molar-refractivity contribution in [2.45, 2.75) is 53.2 Å². The van der Waals surface area contributed by atoms with Gasteiger partial charge in [0.15, 0.2) is 0 Å². The van der Waals surface area contributed by atoms with E-state index < -0.39 is 17.7 Å². The van der Waals surface area contributed by atoms with Crippen LogP contribution in [0, 0.1) is 6.92 Å². The Kier molecular flexibility index (Phi) is 8.93. The van der Waals surface area contributed by atoms with Crippen LogP contribution in [0.4, 0.5) is 0 Å². The summed E-state index contributed by atoms with van der Waals surface area (Å²) in [4.78, 5) is 28.0. The lowest BCUT2D eigenvalue weighted by molar-refractivity contribution is -0.140. The summed E-state index contributed by atoms with van der Waals surface area (Å²) in [6.45, 7) is 11.2. The maximum Gasteiger partial charge on any atom is 0.295 e. The molecule has 0 bridgehead atoms. The molecular formula is C28H35NO6. The van der Waals surface area contributed by atoms with Gasteiger partial charge in [-0.1, -0.05) is 24.3 Å². The van der Waals surface area contributed by atoms with Gasteiger partial charge in [-0.05, 0) is 64.3 Å². The van der Waals surface area contributed by atoms with E-state index in [0.29, 0.717) is 49.8 Å². The molecule has 0 radical (unpaired) electrons. The van der Waals surface area contributed by atoms with E-state index in [4.69, 9.17) is 14.2 Å². The molecule has 2 aromatic rings. The van der Waals surface area contributed by atoms with Gasteiger partial charge < -0.3 is 24.2 Å². The molecule has 2 aromatic carbocycles. The summed E-state index contributed by atoms with van der Waals surface area (Å²) < 4.78 is 17.0. The number of carbonyl (C=O) groups is 2. The van der Waals surface area contributed by atoms with Crippen LogP contribution in [0.5, 0.6) is 11.5 Å². The highest BCUT2D eigenvalue weighted by Gasteiger charge is 2.46. The van der Waals surface area contributed by atoms with Crippen molar-refractivity contribution in [2.24, 2.45) is 0 Å². The highest BCUT2D eigenvalue weighted by molar-refractivity contribution is 6.46. The van der Waals surface area contributed by atoms with Crippen molar-refractivity contribution in [1.82, 2.24) is 4.90 Å². The van der Waals surface area contributed by atoms with E-state index in [1.165, 1.54) is 4.90 Å². The molecule has 1 aliphatic heterocycles. The van der Waals surface area contributed by atoms with E-state index in [9.17, 15) is 14.7 Å². The molecule has 1 atom stereocenters. The molecule has 0 spiro atoms. The fraction of sp³-hybridized carbons (Fsp3) is 0.429. The number of rotatable bonds is 11. The number of aliphatic hydroxyl groups excluding tert-OH is 1. The van der Waals surface area contributed by atoms with E-state index in [1.54, 1.807) is 18.2 Å². The smallest absolute Gasteiger partial charge is 0.295 e. The molecule has 188 valence electrons. The molecule has 1 unspecified atom stereocenters. The Morgan fingerprint density at radius 2 is 1.77 bits per heavy atom. The zero-order chi connectivity index (χ0) is 25.5. The fourth-order valence-corrected chi connectivity index (χ4v) is 4.26. The largest absolute Gasteiger partial charge is 0.507 e. The van der Waals surface area contributed by atoms with Crippen LogP contribution in [0.15, 0.2) is 48.0 Å². The van der Waals surface area contributed by atoms with Crippen molar-refractivity contribution in [3.8, 4) is 11.5 Å². The number of ketones is 1. The zero-order valence-electron chi connectivity index (χ0n) is 21.2. The third-order valence-electron chi connectivity index (χ3n) is 5.84. The number of hydrogen-bond acceptors (Lipinski definition) is 6. The lowest BCUT2D eigenvalue weighted by Gasteiger charge is -2.27. The number of nitrogens with zero attached hydrogens (tertiary/aromatic N) is 1. The van der Waals surface area contributed by atoms with Crippen LogP contribution in [0.3, 0.4) is 0 Å². The Hall–Kier alpha value is -3.32. The summed E-state index contributed by atoms with van der Waals surface area (Å²) in [5.74, 6) is -0.626. The van der Waals surface area contributed by atoms with Crippen LogP contribution >= 0.6 is 0 Å². The monoisotopic (exact) mass is 481 g/mol. The van der Waals surface area contributed by atoms with Crippen LogP contribution < -0.4 is 9.47 Å². The summed E-state index contributed by atoms with van der Waals surface area (Å²) in [5, 5.41) is 11.5. The van der Waals surface area contributed by atoms with Gasteiger partial charge in [-0.15, -0.1) is 0 Å². The van der Waals surface area contributed by atoms with Gasteiger partial charge in [0, 0.05) is 19.2 Å². The van der Waals surface area contributed by atoms with Gasteiger partial charge in [-0.3, -0.25) is 9.59 Å². The van der Waals surface area contributed by atoms with Crippen LogP contribution in [-0.2, 0) is 14.3 Å². The van der Waals surface area contributed by atoms with Crippen molar-refractivity contribution in [1.29, 1.82) is 0 Å². The molecule has 1 heterocycles. The average Bonchev–Trinajstić information content (AvgIpc) is 3.07. The van der Waals surface area contributed by atoms with Crippen molar-refractivity contribution < 1.29 is 28.9 Å². The van der Waals surface area contributed by atoms with Crippen molar-refractivity contribution in [3.63, 3.8) is 0 Å². The lowest BCUT2D eigenvalue weighted by Crippen LogP contribution is -2.31. The van der Waals surface area contributed by atoms with E-state index in [2.05, 4.69) is 0 Å². The first-order valence-corrected chi connectivity index (χ1v) is 12.2. The summed E-state index contributed by atoms with van der Waals surface area (Å²) in [7, 11) is 0. The summed E-state index contributed by atoms with van der Waals surface area (Å²) in [6.07, 6.45) is 0.648. The minimum atomic E-state index is -0.712. The number of aliphatic hydroxyl groups is 1. The number of Topliss-reactive ketones (excluding diaryl/α,β-unsaturated/α-hetero) is 1. The Morgan fingerprint density at radius 3 is 2.43 bits per heavy atom. The molecule has 1 aliphatic rings. The number of benzene rings is 2. The van der Waals surface area contributed by atoms with Gasteiger partial charge in [-0.25, -0.2) is 0 Å². The minimum Gasteiger partial charge on any atom is -0.507 e. The molecule has 35 heavy (non-hydrogen) atoms. The normalized spacial score (nSPS) is 17.3. The van der Waals surface area contributed by atoms with Gasteiger partial charge in [-0.2, -0.15) is 0 Å². The Labute approximate surface area is 207 Å². The van der Waals surface area contributed by atoms with Crippen LogP contribution in [0.1, 0.15) is 56.8 Å². The molecule has 7 nitrogen and oxygen atoms in total. The second-order valence-electron chi connectivity index (χ2n) is 8.65. The summed E-state index contributed by atoms with van der Waals surface area (Å²) >= 11 is 0. The second-order valence-corrected chi connectivity index (χ2v) is 8.65. The Morgan fingerprint density at radius 1 is 1.06 bits per heavy atom. The number of likely N-dealkylation sites (tertiary alicyclic amines) is 1. The average molecular weight is 482 g/mol. The minimum absolute atomic E-state index is 0.0548. The van der Waals surface area contributed by atoms with Crippen LogP contribution in [0.2, 0.25) is 0 Å². The highest BCUT2D eigenvalue weighted by atomic mass is 16.5. The molecule has 0 aromatic heterocycles. The number of ether oxygens (including phenoxy) is 3.